The molecule has 80 valence electrons. The summed E-state index contributed by atoms with van der Waals surface area (Å²) in [6, 6.07) is 0.330. The zero-order valence-corrected chi connectivity index (χ0v) is 9.29. The minimum atomic E-state index is 0.146. The summed E-state index contributed by atoms with van der Waals surface area (Å²) < 4.78 is 0. The largest absolute Gasteiger partial charge is 0.335 e. The minimum Gasteiger partial charge on any atom is -0.335 e. The van der Waals surface area contributed by atoms with Crippen molar-refractivity contribution in [3.8, 4) is 0 Å². The average molecular weight is 196 g/mol. The quantitative estimate of drug-likeness (QED) is 0.676. The highest BCUT2D eigenvalue weighted by molar-refractivity contribution is 5.93. The van der Waals surface area contributed by atoms with Crippen LogP contribution in [0.2, 0.25) is 0 Å². The summed E-state index contributed by atoms with van der Waals surface area (Å²) in [6.45, 7) is 6.74. The smallest absolute Gasteiger partial charge is 0.249 e. The van der Waals surface area contributed by atoms with Gasteiger partial charge in [0.25, 0.3) is 0 Å². The standard InChI is InChI=1S/C11H20N2O/c1-4-5-8(2)11(14)13-7-6-10(12)9(13)3/h5,9-10H,4,6-7,12H2,1-3H3/b8-5-. The fraction of sp³-hybridized carbons (Fsp3) is 0.727. The van der Waals surface area contributed by atoms with Gasteiger partial charge in [-0.15, -0.1) is 0 Å². The van der Waals surface area contributed by atoms with Gasteiger partial charge in [0.05, 0.1) is 0 Å². The first-order chi connectivity index (χ1) is 6.57. The zero-order valence-electron chi connectivity index (χ0n) is 9.29. The molecule has 1 amide bonds. The van der Waals surface area contributed by atoms with Crippen LogP contribution in [0.25, 0.3) is 0 Å². The van der Waals surface area contributed by atoms with Gasteiger partial charge in [-0.05, 0) is 26.7 Å². The minimum absolute atomic E-state index is 0.146. The Bertz CT molecular complexity index is 248. The highest BCUT2D eigenvalue weighted by Crippen LogP contribution is 2.18. The van der Waals surface area contributed by atoms with Gasteiger partial charge in [0.15, 0.2) is 0 Å². The second-order valence-corrected chi connectivity index (χ2v) is 3.99. The zero-order chi connectivity index (χ0) is 10.7. The molecule has 1 heterocycles. The molecule has 0 bridgehead atoms. The van der Waals surface area contributed by atoms with Crippen molar-refractivity contribution in [2.45, 2.75) is 45.7 Å². The summed E-state index contributed by atoms with van der Waals surface area (Å²) in [6.07, 6.45) is 3.80. The molecule has 0 spiro atoms. The molecule has 0 aromatic carbocycles. The number of hydrogen-bond acceptors (Lipinski definition) is 2. The van der Waals surface area contributed by atoms with Crippen molar-refractivity contribution < 1.29 is 4.79 Å². The SMILES string of the molecule is CC/C=C(/C)C(=O)N1CCC(N)C1C. The van der Waals surface area contributed by atoms with Crippen LogP contribution in [0.15, 0.2) is 11.6 Å². The Morgan fingerprint density at radius 3 is 2.71 bits per heavy atom. The van der Waals surface area contributed by atoms with Crippen LogP contribution in [0.4, 0.5) is 0 Å². The van der Waals surface area contributed by atoms with Gasteiger partial charge in [-0.25, -0.2) is 0 Å². The molecule has 0 aliphatic carbocycles. The van der Waals surface area contributed by atoms with Gasteiger partial charge in [-0.3, -0.25) is 4.79 Å². The van der Waals surface area contributed by atoms with Crippen LogP contribution < -0.4 is 5.73 Å². The Morgan fingerprint density at radius 2 is 2.29 bits per heavy atom. The summed E-state index contributed by atoms with van der Waals surface area (Å²) in [7, 11) is 0. The Morgan fingerprint density at radius 1 is 1.64 bits per heavy atom. The fourth-order valence-electron chi connectivity index (χ4n) is 1.87. The highest BCUT2D eigenvalue weighted by Gasteiger charge is 2.31. The van der Waals surface area contributed by atoms with Crippen molar-refractivity contribution in [1.82, 2.24) is 4.90 Å². The first-order valence-electron chi connectivity index (χ1n) is 5.31. The van der Waals surface area contributed by atoms with Crippen molar-refractivity contribution >= 4 is 5.91 Å². The molecule has 1 fully saturated rings. The first kappa shape index (κ1) is 11.2. The van der Waals surface area contributed by atoms with Gasteiger partial charge in [0.1, 0.15) is 0 Å². The van der Waals surface area contributed by atoms with E-state index < -0.39 is 0 Å². The number of likely N-dealkylation sites (tertiary alicyclic amines) is 1. The molecular weight excluding hydrogens is 176 g/mol. The fourth-order valence-corrected chi connectivity index (χ4v) is 1.87. The van der Waals surface area contributed by atoms with E-state index in [1.807, 2.05) is 31.7 Å². The number of rotatable bonds is 2. The van der Waals surface area contributed by atoms with Crippen LogP contribution in [0.1, 0.15) is 33.6 Å². The van der Waals surface area contributed by atoms with E-state index in [4.69, 9.17) is 5.73 Å². The van der Waals surface area contributed by atoms with Gasteiger partial charge < -0.3 is 10.6 Å². The van der Waals surface area contributed by atoms with Crippen LogP contribution in [0.3, 0.4) is 0 Å². The second kappa shape index (κ2) is 4.60. The van der Waals surface area contributed by atoms with Crippen LogP contribution in [-0.2, 0) is 4.79 Å². The molecule has 3 nitrogen and oxygen atoms in total. The molecular formula is C11H20N2O. The van der Waals surface area contributed by atoms with E-state index in [2.05, 4.69) is 0 Å². The highest BCUT2D eigenvalue weighted by atomic mass is 16.2. The van der Waals surface area contributed by atoms with Crippen LogP contribution in [0.5, 0.6) is 0 Å². The molecule has 0 radical (unpaired) electrons. The van der Waals surface area contributed by atoms with Gasteiger partial charge in [0.2, 0.25) is 5.91 Å². The van der Waals surface area contributed by atoms with Crippen molar-refractivity contribution in [1.29, 1.82) is 0 Å². The van der Waals surface area contributed by atoms with Crippen LogP contribution in [0, 0.1) is 0 Å². The summed E-state index contributed by atoms with van der Waals surface area (Å²) >= 11 is 0. The monoisotopic (exact) mass is 196 g/mol. The molecule has 14 heavy (non-hydrogen) atoms. The number of amides is 1. The maximum Gasteiger partial charge on any atom is 0.249 e. The van der Waals surface area contributed by atoms with E-state index in [-0.39, 0.29) is 18.0 Å². The van der Waals surface area contributed by atoms with Crippen molar-refractivity contribution in [2.24, 2.45) is 5.73 Å². The van der Waals surface area contributed by atoms with Crippen molar-refractivity contribution in [2.75, 3.05) is 6.54 Å². The number of nitrogens with two attached hydrogens (primary N) is 1. The van der Waals surface area contributed by atoms with Gasteiger partial charge in [-0.1, -0.05) is 13.0 Å². The molecule has 0 aromatic heterocycles. The predicted octanol–water partition coefficient (Wildman–Crippen LogP) is 1.29. The van der Waals surface area contributed by atoms with Crippen molar-refractivity contribution in [3.63, 3.8) is 0 Å². The molecule has 3 heteroatoms. The van der Waals surface area contributed by atoms with Gasteiger partial charge in [-0.2, -0.15) is 0 Å². The van der Waals surface area contributed by atoms with E-state index >= 15 is 0 Å². The summed E-state index contributed by atoms with van der Waals surface area (Å²) in [4.78, 5) is 13.8. The lowest BCUT2D eigenvalue weighted by molar-refractivity contribution is -0.127. The Labute approximate surface area is 86.0 Å². The lowest BCUT2D eigenvalue weighted by atomic mass is 10.1. The summed E-state index contributed by atoms with van der Waals surface area (Å²) in [5, 5.41) is 0. The Kier molecular flexibility index (Phi) is 3.69. The number of carbonyl (C=O) groups excluding carboxylic acids is 1. The predicted molar refractivity (Wildman–Crippen MR) is 57.8 cm³/mol. The molecule has 2 atom stereocenters. The molecule has 1 aliphatic heterocycles. The number of hydrogen-bond donors (Lipinski definition) is 1. The first-order valence-corrected chi connectivity index (χ1v) is 5.31. The third-order valence-electron chi connectivity index (χ3n) is 2.92. The number of nitrogens with zero attached hydrogens (tertiary/aromatic N) is 1. The third-order valence-corrected chi connectivity index (χ3v) is 2.92. The maximum atomic E-state index is 11.9. The Hall–Kier alpha value is -0.830. The normalized spacial score (nSPS) is 28.3. The molecule has 0 aromatic rings. The molecule has 2 unspecified atom stereocenters. The molecule has 0 saturated carbocycles. The van der Waals surface area contributed by atoms with Crippen molar-refractivity contribution in [3.05, 3.63) is 11.6 Å². The van der Waals surface area contributed by atoms with Crippen LogP contribution in [-0.4, -0.2) is 29.4 Å². The second-order valence-electron chi connectivity index (χ2n) is 3.99. The maximum absolute atomic E-state index is 11.9. The van der Waals surface area contributed by atoms with E-state index in [1.54, 1.807) is 0 Å². The third kappa shape index (κ3) is 2.15. The Balaban J connectivity index is 2.66. The molecule has 1 rings (SSSR count). The lowest BCUT2D eigenvalue weighted by Crippen LogP contribution is -2.40. The van der Waals surface area contributed by atoms with Gasteiger partial charge >= 0.3 is 0 Å². The van der Waals surface area contributed by atoms with E-state index in [9.17, 15) is 4.79 Å². The molecule has 2 N–H and O–H groups in total. The topological polar surface area (TPSA) is 46.3 Å². The summed E-state index contributed by atoms with van der Waals surface area (Å²) in [5.74, 6) is 0.146. The van der Waals surface area contributed by atoms with E-state index in [0.29, 0.717) is 0 Å². The number of carbonyl (C=O) groups is 1. The summed E-state index contributed by atoms with van der Waals surface area (Å²) in [5.41, 5.74) is 6.71. The number of allylic oxidation sites excluding steroid dienone is 1. The molecule has 1 saturated heterocycles. The van der Waals surface area contributed by atoms with Crippen LogP contribution >= 0.6 is 0 Å². The van der Waals surface area contributed by atoms with Gasteiger partial charge in [0, 0.05) is 24.2 Å². The average Bonchev–Trinajstić information content (AvgIpc) is 2.47. The lowest BCUT2D eigenvalue weighted by Gasteiger charge is -2.23. The molecule has 1 aliphatic rings. The van der Waals surface area contributed by atoms with E-state index in [0.717, 1.165) is 25.0 Å². The van der Waals surface area contributed by atoms with E-state index in [1.165, 1.54) is 0 Å².